The van der Waals surface area contributed by atoms with Gasteiger partial charge in [0, 0.05) is 33.8 Å². The van der Waals surface area contributed by atoms with Crippen LogP contribution < -0.4 is 10.6 Å². The Morgan fingerprint density at radius 3 is 2.36 bits per heavy atom. The Bertz CT molecular complexity index is 710. The second-order valence-corrected chi connectivity index (χ2v) is 8.11. The summed E-state index contributed by atoms with van der Waals surface area (Å²) in [6, 6.07) is 6.13. The molecule has 1 aliphatic heterocycles. The zero-order valence-electron chi connectivity index (χ0n) is 14.3. The number of benzene rings is 1. The number of amides is 2. The summed E-state index contributed by atoms with van der Waals surface area (Å²) < 4.78 is 30.4. The molecule has 1 aromatic carbocycles. The number of carbonyl (C=O) groups excluding carboxylic acids is 2. The van der Waals surface area contributed by atoms with E-state index in [1.54, 1.807) is 12.1 Å². The number of ether oxygens (including phenoxy) is 1. The number of nitrogens with zero attached hydrogens (tertiary/aromatic N) is 1. The van der Waals surface area contributed by atoms with Crippen molar-refractivity contribution in [2.45, 2.75) is 30.4 Å². The summed E-state index contributed by atoms with van der Waals surface area (Å²) in [5.41, 5.74) is 0.693. The number of nitrogens with one attached hydrogen (secondary N) is 2. The van der Waals surface area contributed by atoms with Gasteiger partial charge >= 0.3 is 11.8 Å². The number of sulfonamides is 1. The summed E-state index contributed by atoms with van der Waals surface area (Å²) in [6.07, 6.45) is 1.82. The van der Waals surface area contributed by atoms with E-state index in [1.165, 1.54) is 26.2 Å². The standard InChI is InChI=1S/C16H23N3O5S/c1-19(2)25(22,23)14-7-5-12(6-8-14)10-17-15(20)16(21)18-11-13-4-3-9-24-13/h5-8,13H,3-4,9-11H2,1-2H3,(H,17,20)(H,18,21). The molecule has 1 heterocycles. The van der Waals surface area contributed by atoms with Gasteiger partial charge in [0.1, 0.15) is 0 Å². The van der Waals surface area contributed by atoms with Crippen LogP contribution in [0, 0.1) is 0 Å². The van der Waals surface area contributed by atoms with Crippen LogP contribution in [0.15, 0.2) is 29.2 Å². The summed E-state index contributed by atoms with van der Waals surface area (Å²) in [6.45, 7) is 1.14. The van der Waals surface area contributed by atoms with E-state index in [1.807, 2.05) is 0 Å². The molecule has 8 nitrogen and oxygen atoms in total. The number of hydrogen-bond donors (Lipinski definition) is 2. The van der Waals surface area contributed by atoms with E-state index in [9.17, 15) is 18.0 Å². The Balaban J connectivity index is 1.82. The van der Waals surface area contributed by atoms with Gasteiger partial charge in [0.2, 0.25) is 10.0 Å². The summed E-state index contributed by atoms with van der Waals surface area (Å²) in [4.78, 5) is 23.7. The molecule has 1 aliphatic rings. The molecule has 9 heteroatoms. The highest BCUT2D eigenvalue weighted by atomic mass is 32.2. The molecule has 25 heavy (non-hydrogen) atoms. The molecule has 0 radical (unpaired) electrons. The molecular formula is C16H23N3O5S. The van der Waals surface area contributed by atoms with Crippen molar-refractivity contribution in [3.63, 3.8) is 0 Å². The Hall–Kier alpha value is -1.97. The van der Waals surface area contributed by atoms with E-state index in [2.05, 4.69) is 10.6 Å². The second kappa shape index (κ2) is 8.41. The minimum Gasteiger partial charge on any atom is -0.376 e. The molecule has 1 aromatic rings. The smallest absolute Gasteiger partial charge is 0.309 e. The van der Waals surface area contributed by atoms with E-state index in [0.717, 1.165) is 17.1 Å². The van der Waals surface area contributed by atoms with Gasteiger partial charge in [-0.25, -0.2) is 12.7 Å². The average molecular weight is 369 g/mol. The van der Waals surface area contributed by atoms with Crippen LogP contribution in [0.25, 0.3) is 0 Å². The van der Waals surface area contributed by atoms with E-state index in [0.29, 0.717) is 18.7 Å². The highest BCUT2D eigenvalue weighted by molar-refractivity contribution is 7.89. The Kier molecular flexibility index (Phi) is 6.51. The first-order valence-corrected chi connectivity index (χ1v) is 9.44. The lowest BCUT2D eigenvalue weighted by Gasteiger charge is -2.12. The lowest BCUT2D eigenvalue weighted by molar-refractivity contribution is -0.139. The van der Waals surface area contributed by atoms with Crippen LogP contribution in [0.2, 0.25) is 0 Å². The van der Waals surface area contributed by atoms with Crippen LogP contribution in [-0.4, -0.2) is 57.9 Å². The van der Waals surface area contributed by atoms with Gasteiger partial charge in [-0.15, -0.1) is 0 Å². The highest BCUT2D eigenvalue weighted by Gasteiger charge is 2.19. The molecule has 1 saturated heterocycles. The van der Waals surface area contributed by atoms with Crippen LogP contribution in [0.1, 0.15) is 18.4 Å². The normalized spacial score (nSPS) is 17.5. The number of hydrogen-bond acceptors (Lipinski definition) is 5. The lowest BCUT2D eigenvalue weighted by atomic mass is 10.2. The fraction of sp³-hybridized carbons (Fsp3) is 0.500. The average Bonchev–Trinajstić information content (AvgIpc) is 3.11. The van der Waals surface area contributed by atoms with Crippen molar-refractivity contribution in [3.05, 3.63) is 29.8 Å². The predicted octanol–water partition coefficient (Wildman–Crippen LogP) is -0.152. The first-order valence-electron chi connectivity index (χ1n) is 8.00. The van der Waals surface area contributed by atoms with Gasteiger partial charge in [-0.05, 0) is 30.5 Å². The van der Waals surface area contributed by atoms with Gasteiger partial charge in [-0.1, -0.05) is 12.1 Å². The molecule has 0 spiro atoms. The zero-order chi connectivity index (χ0) is 18.4. The maximum atomic E-state index is 12.0. The molecule has 1 unspecified atom stereocenters. The van der Waals surface area contributed by atoms with Crippen molar-refractivity contribution in [3.8, 4) is 0 Å². The summed E-state index contributed by atoms with van der Waals surface area (Å²) in [7, 11) is -0.570. The quantitative estimate of drug-likeness (QED) is 0.679. The lowest BCUT2D eigenvalue weighted by Crippen LogP contribution is -2.42. The SMILES string of the molecule is CN(C)S(=O)(=O)c1ccc(CNC(=O)C(=O)NCC2CCCO2)cc1. The Morgan fingerprint density at radius 2 is 1.80 bits per heavy atom. The molecule has 138 valence electrons. The molecule has 0 aliphatic carbocycles. The number of carbonyl (C=O) groups is 2. The molecule has 1 fully saturated rings. The predicted molar refractivity (Wildman–Crippen MR) is 91.1 cm³/mol. The van der Waals surface area contributed by atoms with Crippen LogP contribution in [0.4, 0.5) is 0 Å². The minimum atomic E-state index is -3.48. The summed E-state index contributed by atoms with van der Waals surface area (Å²) >= 11 is 0. The monoisotopic (exact) mass is 369 g/mol. The molecule has 2 rings (SSSR count). The molecule has 1 atom stereocenters. The number of rotatable bonds is 6. The third-order valence-corrected chi connectivity index (χ3v) is 5.70. The second-order valence-electron chi connectivity index (χ2n) is 5.96. The molecule has 0 bridgehead atoms. The van der Waals surface area contributed by atoms with Crippen molar-refractivity contribution in [2.75, 3.05) is 27.2 Å². The van der Waals surface area contributed by atoms with Gasteiger partial charge in [-0.3, -0.25) is 9.59 Å². The summed E-state index contributed by atoms with van der Waals surface area (Å²) in [5.74, 6) is -1.44. The maximum absolute atomic E-state index is 12.0. The van der Waals surface area contributed by atoms with Crippen molar-refractivity contribution in [2.24, 2.45) is 0 Å². The van der Waals surface area contributed by atoms with Crippen LogP contribution in [0.5, 0.6) is 0 Å². The first kappa shape index (κ1) is 19.4. The topological polar surface area (TPSA) is 105 Å². The molecule has 0 aromatic heterocycles. The third-order valence-electron chi connectivity index (χ3n) is 3.88. The van der Waals surface area contributed by atoms with Gasteiger partial charge < -0.3 is 15.4 Å². The van der Waals surface area contributed by atoms with Gasteiger partial charge in [0.05, 0.1) is 11.0 Å². The fourth-order valence-electron chi connectivity index (χ4n) is 2.34. The zero-order valence-corrected chi connectivity index (χ0v) is 15.1. The minimum absolute atomic E-state index is 0.0251. The van der Waals surface area contributed by atoms with Gasteiger partial charge in [0.25, 0.3) is 0 Å². The van der Waals surface area contributed by atoms with Crippen molar-refractivity contribution < 1.29 is 22.7 Å². The van der Waals surface area contributed by atoms with Gasteiger partial charge in [-0.2, -0.15) is 0 Å². The molecule has 2 amide bonds. The van der Waals surface area contributed by atoms with Crippen LogP contribution in [-0.2, 0) is 30.9 Å². The summed E-state index contributed by atoms with van der Waals surface area (Å²) in [5, 5.41) is 5.04. The van der Waals surface area contributed by atoms with Crippen LogP contribution >= 0.6 is 0 Å². The van der Waals surface area contributed by atoms with Gasteiger partial charge in [0.15, 0.2) is 0 Å². The third kappa shape index (κ3) is 5.25. The largest absolute Gasteiger partial charge is 0.376 e. The molecule has 2 N–H and O–H groups in total. The molecular weight excluding hydrogens is 346 g/mol. The highest BCUT2D eigenvalue weighted by Crippen LogP contribution is 2.14. The Labute approximate surface area is 147 Å². The Morgan fingerprint density at radius 1 is 1.16 bits per heavy atom. The molecule has 0 saturated carbocycles. The fourth-order valence-corrected chi connectivity index (χ4v) is 3.25. The van der Waals surface area contributed by atoms with E-state index in [-0.39, 0.29) is 17.5 Å². The van der Waals surface area contributed by atoms with E-state index in [4.69, 9.17) is 4.74 Å². The van der Waals surface area contributed by atoms with E-state index >= 15 is 0 Å². The van der Waals surface area contributed by atoms with Crippen molar-refractivity contribution >= 4 is 21.8 Å². The van der Waals surface area contributed by atoms with E-state index < -0.39 is 21.8 Å². The first-order chi connectivity index (χ1) is 11.8. The van der Waals surface area contributed by atoms with Crippen molar-refractivity contribution in [1.82, 2.24) is 14.9 Å². The van der Waals surface area contributed by atoms with Crippen LogP contribution in [0.3, 0.4) is 0 Å². The van der Waals surface area contributed by atoms with Crippen molar-refractivity contribution in [1.29, 1.82) is 0 Å². The maximum Gasteiger partial charge on any atom is 0.309 e.